The van der Waals surface area contributed by atoms with Gasteiger partial charge in [-0.3, -0.25) is 4.79 Å². The second-order valence-electron chi connectivity index (χ2n) is 6.25. The number of rotatable bonds is 6. The molecule has 0 heterocycles. The van der Waals surface area contributed by atoms with E-state index in [9.17, 15) is 4.79 Å². The molecular weight excluding hydrogens is 212 g/mol. The fourth-order valence-electron chi connectivity index (χ4n) is 2.86. The monoisotopic (exact) mass is 240 g/mol. The number of carbonyl (C=O) groups is 1. The van der Waals surface area contributed by atoms with Crippen LogP contribution in [0.4, 0.5) is 0 Å². The molecule has 0 spiro atoms. The van der Waals surface area contributed by atoms with Crippen LogP contribution in [0.2, 0.25) is 0 Å². The van der Waals surface area contributed by atoms with Gasteiger partial charge in [0.2, 0.25) is 5.91 Å². The minimum atomic E-state index is 0.0497. The van der Waals surface area contributed by atoms with Gasteiger partial charge in [-0.05, 0) is 44.6 Å². The second kappa shape index (κ2) is 6.39. The molecule has 1 rings (SSSR count). The van der Waals surface area contributed by atoms with Crippen molar-refractivity contribution in [3.05, 3.63) is 0 Å². The summed E-state index contributed by atoms with van der Waals surface area (Å²) in [6.45, 7) is 7.14. The maximum atomic E-state index is 12.0. The number of hydrogen-bond acceptors (Lipinski definition) is 2. The molecule has 0 aliphatic heterocycles. The van der Waals surface area contributed by atoms with Gasteiger partial charge < -0.3 is 11.1 Å². The minimum Gasteiger partial charge on any atom is -0.351 e. The topological polar surface area (TPSA) is 55.1 Å². The van der Waals surface area contributed by atoms with E-state index in [1.807, 2.05) is 0 Å². The zero-order chi connectivity index (χ0) is 12.9. The summed E-state index contributed by atoms with van der Waals surface area (Å²) in [6.07, 6.45) is 6.35. The molecule has 1 saturated carbocycles. The van der Waals surface area contributed by atoms with Gasteiger partial charge in [-0.15, -0.1) is 0 Å². The van der Waals surface area contributed by atoms with Crippen molar-refractivity contribution in [3.8, 4) is 0 Å². The van der Waals surface area contributed by atoms with Crippen molar-refractivity contribution in [2.24, 2.45) is 17.6 Å². The summed E-state index contributed by atoms with van der Waals surface area (Å²) in [6, 6.07) is 0. The van der Waals surface area contributed by atoms with Crippen LogP contribution in [0.25, 0.3) is 0 Å². The molecular formula is C14H28N2O. The highest BCUT2D eigenvalue weighted by Gasteiger charge is 2.30. The third kappa shape index (κ3) is 5.07. The summed E-state index contributed by atoms with van der Waals surface area (Å²) in [5.74, 6) is 1.13. The Morgan fingerprint density at radius 2 is 1.94 bits per heavy atom. The second-order valence-corrected chi connectivity index (χ2v) is 6.25. The van der Waals surface area contributed by atoms with Gasteiger partial charge in [0, 0.05) is 12.0 Å². The molecule has 0 aromatic heterocycles. The molecule has 100 valence electrons. The van der Waals surface area contributed by atoms with E-state index in [1.54, 1.807) is 0 Å². The largest absolute Gasteiger partial charge is 0.351 e. The lowest BCUT2D eigenvalue weighted by Gasteiger charge is -2.26. The first-order chi connectivity index (χ1) is 7.95. The van der Waals surface area contributed by atoms with Crippen LogP contribution in [0.15, 0.2) is 0 Å². The normalized spacial score (nSPS) is 20.5. The molecule has 1 aliphatic rings. The van der Waals surface area contributed by atoms with E-state index in [4.69, 9.17) is 5.73 Å². The Morgan fingerprint density at radius 1 is 1.35 bits per heavy atom. The number of carbonyl (C=O) groups excluding carboxylic acids is 1. The predicted molar refractivity (Wildman–Crippen MR) is 71.6 cm³/mol. The lowest BCUT2D eigenvalue weighted by atomic mass is 9.93. The molecule has 1 aliphatic carbocycles. The maximum absolute atomic E-state index is 12.0. The first-order valence-electron chi connectivity index (χ1n) is 6.96. The van der Waals surface area contributed by atoms with Crippen molar-refractivity contribution in [1.29, 1.82) is 0 Å². The molecule has 0 unspecified atom stereocenters. The van der Waals surface area contributed by atoms with Crippen LogP contribution in [-0.2, 0) is 4.79 Å². The molecule has 17 heavy (non-hydrogen) atoms. The van der Waals surface area contributed by atoms with Gasteiger partial charge in [0.1, 0.15) is 0 Å². The van der Waals surface area contributed by atoms with Crippen LogP contribution in [0, 0.1) is 11.8 Å². The van der Waals surface area contributed by atoms with Gasteiger partial charge in [0.05, 0.1) is 0 Å². The van der Waals surface area contributed by atoms with E-state index in [1.165, 1.54) is 12.8 Å². The van der Waals surface area contributed by atoms with E-state index >= 15 is 0 Å². The van der Waals surface area contributed by atoms with Gasteiger partial charge in [-0.25, -0.2) is 0 Å². The summed E-state index contributed by atoms with van der Waals surface area (Å²) >= 11 is 0. The molecule has 3 nitrogen and oxygen atoms in total. The minimum absolute atomic E-state index is 0.0497. The number of hydrogen-bond donors (Lipinski definition) is 2. The molecule has 0 aromatic carbocycles. The third-order valence-electron chi connectivity index (χ3n) is 3.76. The quantitative estimate of drug-likeness (QED) is 0.749. The lowest BCUT2D eigenvalue weighted by Crippen LogP contribution is -2.44. The van der Waals surface area contributed by atoms with Crippen LogP contribution in [-0.4, -0.2) is 18.0 Å². The average Bonchev–Trinajstić information content (AvgIpc) is 2.62. The molecule has 0 bridgehead atoms. The Kier molecular flexibility index (Phi) is 5.44. The molecule has 3 N–H and O–H groups in total. The zero-order valence-corrected chi connectivity index (χ0v) is 11.6. The van der Waals surface area contributed by atoms with Crippen molar-refractivity contribution >= 4 is 5.91 Å². The van der Waals surface area contributed by atoms with Gasteiger partial charge in [-0.1, -0.05) is 26.7 Å². The first-order valence-corrected chi connectivity index (χ1v) is 6.96. The molecule has 0 saturated heterocycles. The zero-order valence-electron chi connectivity index (χ0n) is 11.6. The van der Waals surface area contributed by atoms with Crippen molar-refractivity contribution in [1.82, 2.24) is 5.32 Å². The van der Waals surface area contributed by atoms with Crippen LogP contribution < -0.4 is 11.1 Å². The summed E-state index contributed by atoms with van der Waals surface area (Å²) in [5, 5.41) is 3.20. The van der Waals surface area contributed by atoms with Crippen LogP contribution in [0.5, 0.6) is 0 Å². The average molecular weight is 240 g/mol. The highest BCUT2D eigenvalue weighted by Crippen LogP contribution is 2.29. The number of nitrogens with two attached hydrogens (primary N) is 1. The lowest BCUT2D eigenvalue weighted by molar-refractivity contribution is -0.123. The van der Waals surface area contributed by atoms with E-state index in [2.05, 4.69) is 26.1 Å². The highest BCUT2D eigenvalue weighted by atomic mass is 16.1. The summed E-state index contributed by atoms with van der Waals surface area (Å²) in [5.41, 5.74) is 5.78. The molecule has 1 atom stereocenters. The van der Waals surface area contributed by atoms with Gasteiger partial charge in [0.15, 0.2) is 0 Å². The number of nitrogens with one attached hydrogen (secondary N) is 1. The standard InChI is InChI=1S/C14H28N2O/c1-11(2)8-12(10-15)9-13(17)16-14(3)6-4-5-7-14/h11-12H,4-10,15H2,1-3H3,(H,16,17)/t12-/m0/s1. The van der Waals surface area contributed by atoms with E-state index in [0.29, 0.717) is 24.8 Å². The summed E-state index contributed by atoms with van der Waals surface area (Å²) in [4.78, 5) is 12.0. The smallest absolute Gasteiger partial charge is 0.220 e. The number of amides is 1. The van der Waals surface area contributed by atoms with Crippen molar-refractivity contribution < 1.29 is 4.79 Å². The van der Waals surface area contributed by atoms with Crippen LogP contribution >= 0.6 is 0 Å². The van der Waals surface area contributed by atoms with Crippen molar-refractivity contribution in [3.63, 3.8) is 0 Å². The van der Waals surface area contributed by atoms with Crippen LogP contribution in [0.1, 0.15) is 59.3 Å². The molecule has 0 aromatic rings. The van der Waals surface area contributed by atoms with E-state index in [0.717, 1.165) is 19.3 Å². The predicted octanol–water partition coefficient (Wildman–Crippen LogP) is 2.45. The van der Waals surface area contributed by atoms with E-state index in [-0.39, 0.29) is 11.4 Å². The highest BCUT2D eigenvalue weighted by molar-refractivity contribution is 5.77. The Labute approximate surface area is 106 Å². The van der Waals surface area contributed by atoms with Gasteiger partial charge in [0.25, 0.3) is 0 Å². The van der Waals surface area contributed by atoms with Crippen molar-refractivity contribution in [2.75, 3.05) is 6.54 Å². The Bertz CT molecular complexity index is 245. The Balaban J connectivity index is 2.36. The van der Waals surface area contributed by atoms with Gasteiger partial charge >= 0.3 is 0 Å². The summed E-state index contributed by atoms with van der Waals surface area (Å²) < 4.78 is 0. The summed E-state index contributed by atoms with van der Waals surface area (Å²) in [7, 11) is 0. The maximum Gasteiger partial charge on any atom is 0.220 e. The molecule has 1 fully saturated rings. The van der Waals surface area contributed by atoms with Gasteiger partial charge in [-0.2, -0.15) is 0 Å². The SMILES string of the molecule is CC(C)C[C@H](CN)CC(=O)NC1(C)CCCC1. The third-order valence-corrected chi connectivity index (χ3v) is 3.76. The molecule has 1 amide bonds. The molecule has 3 heteroatoms. The first kappa shape index (κ1) is 14.5. The molecule has 0 radical (unpaired) electrons. The van der Waals surface area contributed by atoms with Crippen molar-refractivity contribution in [2.45, 2.75) is 64.8 Å². The fourth-order valence-corrected chi connectivity index (χ4v) is 2.86. The fraction of sp³-hybridized carbons (Fsp3) is 0.929. The Hall–Kier alpha value is -0.570. The van der Waals surface area contributed by atoms with Crippen LogP contribution in [0.3, 0.4) is 0 Å². The van der Waals surface area contributed by atoms with E-state index < -0.39 is 0 Å². The Morgan fingerprint density at radius 3 is 2.41 bits per heavy atom.